The number of aromatic amines is 1. The Morgan fingerprint density at radius 3 is 2.76 bits per heavy atom. The Bertz CT molecular complexity index is 721. The average molecular weight is 342 g/mol. The molecule has 4 rings (SSSR count). The van der Waals surface area contributed by atoms with Gasteiger partial charge < -0.3 is 15.2 Å². The number of imidazole rings is 1. The fraction of sp³-hybridized carbons (Fsp3) is 0.667. The van der Waals surface area contributed by atoms with Crippen LogP contribution in [-0.2, 0) is 4.79 Å². The molecule has 7 nitrogen and oxygen atoms in total. The Morgan fingerprint density at radius 1 is 1.08 bits per heavy atom. The van der Waals surface area contributed by atoms with Crippen molar-refractivity contribution in [2.24, 2.45) is 5.92 Å². The number of carbonyl (C=O) groups excluding carboxylic acids is 1. The van der Waals surface area contributed by atoms with Crippen molar-refractivity contribution in [3.63, 3.8) is 0 Å². The highest BCUT2D eigenvalue weighted by molar-refractivity contribution is 5.84. The van der Waals surface area contributed by atoms with Gasteiger partial charge in [0.05, 0.1) is 12.2 Å². The average Bonchev–Trinajstić information content (AvgIpc) is 2.99. The molecule has 0 bridgehead atoms. The van der Waals surface area contributed by atoms with Crippen LogP contribution >= 0.6 is 0 Å². The zero-order chi connectivity index (χ0) is 17.1. The number of nitrogens with one attached hydrogen (secondary N) is 2. The second-order valence-electron chi connectivity index (χ2n) is 7.28. The molecule has 0 spiro atoms. The van der Waals surface area contributed by atoms with Crippen molar-refractivity contribution in [1.82, 2.24) is 25.3 Å². The Labute approximate surface area is 147 Å². The Balaban J connectivity index is 1.43. The van der Waals surface area contributed by atoms with E-state index in [0.29, 0.717) is 18.2 Å². The molecule has 2 aromatic rings. The molecule has 0 aromatic carbocycles. The van der Waals surface area contributed by atoms with Gasteiger partial charge in [-0.05, 0) is 25.7 Å². The van der Waals surface area contributed by atoms with Crippen LogP contribution in [0.4, 0.5) is 5.82 Å². The predicted octanol–water partition coefficient (Wildman–Crippen LogP) is 2.41. The molecule has 2 N–H and O–H groups in total. The van der Waals surface area contributed by atoms with Crippen molar-refractivity contribution >= 4 is 22.9 Å². The minimum Gasteiger partial charge on any atom is -0.354 e. The molecule has 2 aromatic heterocycles. The number of H-pyrrole nitrogens is 1. The topological polar surface area (TPSA) is 86.8 Å². The van der Waals surface area contributed by atoms with Gasteiger partial charge in [0.2, 0.25) is 5.91 Å². The predicted molar refractivity (Wildman–Crippen MR) is 96.3 cm³/mol. The lowest BCUT2D eigenvalue weighted by atomic mass is 9.96. The summed E-state index contributed by atoms with van der Waals surface area (Å²) < 4.78 is 0. The highest BCUT2D eigenvalue weighted by Gasteiger charge is 2.29. The maximum atomic E-state index is 12.8. The molecule has 134 valence electrons. The zero-order valence-electron chi connectivity index (χ0n) is 14.6. The SMILES string of the molecule is O=C(NC1CCCCCC1)[C@@H]1CCCN(c2ncnc3nc[nH]c23)C1. The van der Waals surface area contributed by atoms with Crippen molar-refractivity contribution in [3.8, 4) is 0 Å². The number of fused-ring (bicyclic) bond motifs is 1. The van der Waals surface area contributed by atoms with Gasteiger partial charge in [-0.2, -0.15) is 0 Å². The molecule has 3 heterocycles. The molecule has 1 aliphatic carbocycles. The second kappa shape index (κ2) is 7.37. The summed E-state index contributed by atoms with van der Waals surface area (Å²) in [7, 11) is 0. The number of nitrogens with zero attached hydrogens (tertiary/aromatic N) is 4. The van der Waals surface area contributed by atoms with E-state index >= 15 is 0 Å². The summed E-state index contributed by atoms with van der Waals surface area (Å²) in [6.07, 6.45) is 12.5. The minimum atomic E-state index is 0.0324. The Morgan fingerprint density at radius 2 is 1.92 bits per heavy atom. The lowest BCUT2D eigenvalue weighted by Crippen LogP contribution is -2.46. The van der Waals surface area contributed by atoms with Crippen LogP contribution in [-0.4, -0.2) is 45.0 Å². The number of anilines is 1. The number of aromatic nitrogens is 4. The molecule has 1 amide bonds. The van der Waals surface area contributed by atoms with E-state index < -0.39 is 0 Å². The van der Waals surface area contributed by atoms with E-state index in [0.717, 1.165) is 43.6 Å². The fourth-order valence-corrected chi connectivity index (χ4v) is 4.12. The van der Waals surface area contributed by atoms with Gasteiger partial charge in [-0.25, -0.2) is 15.0 Å². The number of hydrogen-bond acceptors (Lipinski definition) is 5. The maximum Gasteiger partial charge on any atom is 0.225 e. The van der Waals surface area contributed by atoms with Crippen molar-refractivity contribution in [3.05, 3.63) is 12.7 Å². The summed E-state index contributed by atoms with van der Waals surface area (Å²) in [6, 6.07) is 0.365. The van der Waals surface area contributed by atoms with Gasteiger partial charge in [0.1, 0.15) is 11.8 Å². The van der Waals surface area contributed by atoms with Gasteiger partial charge in [0.15, 0.2) is 11.5 Å². The largest absolute Gasteiger partial charge is 0.354 e. The third kappa shape index (κ3) is 3.60. The molecular weight excluding hydrogens is 316 g/mol. The van der Waals surface area contributed by atoms with E-state index in [1.807, 2.05) is 0 Å². The molecule has 1 saturated heterocycles. The highest BCUT2D eigenvalue weighted by atomic mass is 16.2. The molecule has 0 unspecified atom stereocenters. The van der Waals surface area contributed by atoms with Crippen LogP contribution in [0.5, 0.6) is 0 Å². The van der Waals surface area contributed by atoms with E-state index in [-0.39, 0.29) is 11.8 Å². The fourth-order valence-electron chi connectivity index (χ4n) is 4.12. The van der Waals surface area contributed by atoms with Crippen molar-refractivity contribution in [2.75, 3.05) is 18.0 Å². The van der Waals surface area contributed by atoms with Gasteiger partial charge in [-0.1, -0.05) is 25.7 Å². The standard InChI is InChI=1S/C18H26N6O/c25-18(23-14-7-3-1-2-4-8-14)13-6-5-9-24(10-13)17-15-16(20-11-19-15)21-12-22-17/h11-14H,1-10H2,(H,23,25)(H,19,20,21,22)/t13-/m1/s1. The van der Waals surface area contributed by atoms with Gasteiger partial charge in [-0.15, -0.1) is 0 Å². The quantitative estimate of drug-likeness (QED) is 0.837. The van der Waals surface area contributed by atoms with Gasteiger partial charge >= 0.3 is 0 Å². The third-order valence-corrected chi connectivity index (χ3v) is 5.50. The first-order valence-corrected chi connectivity index (χ1v) is 9.50. The molecule has 1 saturated carbocycles. The number of piperidine rings is 1. The summed E-state index contributed by atoms with van der Waals surface area (Å²) in [5, 5.41) is 3.31. The Kier molecular flexibility index (Phi) is 4.81. The molecule has 1 atom stereocenters. The van der Waals surface area contributed by atoms with Crippen molar-refractivity contribution in [2.45, 2.75) is 57.4 Å². The van der Waals surface area contributed by atoms with Crippen LogP contribution in [0.15, 0.2) is 12.7 Å². The van der Waals surface area contributed by atoms with Gasteiger partial charge in [0.25, 0.3) is 0 Å². The normalized spacial score (nSPS) is 22.7. The van der Waals surface area contributed by atoms with Crippen LogP contribution in [0.25, 0.3) is 11.2 Å². The molecule has 2 fully saturated rings. The molecular formula is C18H26N6O. The van der Waals surface area contributed by atoms with Crippen LogP contribution < -0.4 is 10.2 Å². The summed E-state index contributed by atoms with van der Waals surface area (Å²) in [5.74, 6) is 1.10. The minimum absolute atomic E-state index is 0.0324. The summed E-state index contributed by atoms with van der Waals surface area (Å²) in [5.41, 5.74) is 1.53. The number of rotatable bonds is 3. The second-order valence-corrected chi connectivity index (χ2v) is 7.28. The van der Waals surface area contributed by atoms with E-state index in [2.05, 4.69) is 30.2 Å². The lowest BCUT2D eigenvalue weighted by Gasteiger charge is -2.33. The number of hydrogen-bond donors (Lipinski definition) is 2. The maximum absolute atomic E-state index is 12.8. The first-order valence-electron chi connectivity index (χ1n) is 9.50. The molecule has 7 heteroatoms. The highest BCUT2D eigenvalue weighted by Crippen LogP contribution is 2.26. The number of amides is 1. The Hall–Kier alpha value is -2.18. The van der Waals surface area contributed by atoms with Gasteiger partial charge in [-0.3, -0.25) is 4.79 Å². The first-order chi connectivity index (χ1) is 12.3. The van der Waals surface area contributed by atoms with Crippen LogP contribution in [0, 0.1) is 5.92 Å². The first kappa shape index (κ1) is 16.3. The molecule has 2 aliphatic rings. The molecule has 0 radical (unpaired) electrons. The van der Waals surface area contributed by atoms with Crippen LogP contribution in [0.1, 0.15) is 51.4 Å². The van der Waals surface area contributed by atoms with E-state index in [1.165, 1.54) is 25.7 Å². The van der Waals surface area contributed by atoms with Crippen LogP contribution in [0.2, 0.25) is 0 Å². The van der Waals surface area contributed by atoms with Crippen molar-refractivity contribution in [1.29, 1.82) is 0 Å². The zero-order valence-corrected chi connectivity index (χ0v) is 14.6. The summed E-state index contributed by atoms with van der Waals surface area (Å²) >= 11 is 0. The third-order valence-electron chi connectivity index (χ3n) is 5.50. The smallest absolute Gasteiger partial charge is 0.225 e. The molecule has 1 aliphatic heterocycles. The summed E-state index contributed by atoms with van der Waals surface area (Å²) in [4.78, 5) is 30.9. The van der Waals surface area contributed by atoms with Crippen molar-refractivity contribution < 1.29 is 4.79 Å². The van der Waals surface area contributed by atoms with Gasteiger partial charge in [0, 0.05) is 19.1 Å². The van der Waals surface area contributed by atoms with E-state index in [1.54, 1.807) is 12.7 Å². The van der Waals surface area contributed by atoms with E-state index in [4.69, 9.17) is 0 Å². The lowest BCUT2D eigenvalue weighted by molar-refractivity contribution is -0.126. The van der Waals surface area contributed by atoms with E-state index in [9.17, 15) is 4.79 Å². The molecule has 25 heavy (non-hydrogen) atoms. The van der Waals surface area contributed by atoms with Crippen LogP contribution in [0.3, 0.4) is 0 Å². The monoisotopic (exact) mass is 342 g/mol. The summed E-state index contributed by atoms with van der Waals surface area (Å²) in [6.45, 7) is 1.63. The number of carbonyl (C=O) groups is 1.